The molecule has 7 rings (SSSR count). The summed E-state index contributed by atoms with van der Waals surface area (Å²) in [6.45, 7) is 4.15. The molecule has 6 fully saturated rings. The summed E-state index contributed by atoms with van der Waals surface area (Å²) < 4.78 is 36.9. The van der Waals surface area contributed by atoms with Gasteiger partial charge in [0.1, 0.15) is 23.9 Å². The van der Waals surface area contributed by atoms with Crippen molar-refractivity contribution in [1.82, 2.24) is 4.90 Å². The molecule has 15 atom stereocenters. The van der Waals surface area contributed by atoms with Gasteiger partial charge >= 0.3 is 11.9 Å². The summed E-state index contributed by atoms with van der Waals surface area (Å²) in [5, 5.41) is 51.1. The Kier molecular flexibility index (Phi) is 7.72. The SMILES string of the molecule is CCN1C[C@]2(COC)[C@H](O)C[C@H](OC)[C@@]34[C@@H]2[C@@H](OC)[C@@H]([C@@H]13)[C@@]1(OC(C)=O)[C@H]2[C@@H](OC(=O)c3ccccc3)[C@](O)(C[C@]24O)[C@@H](OC)[C@@H]1O. The summed E-state index contributed by atoms with van der Waals surface area (Å²) >= 11 is 0. The van der Waals surface area contributed by atoms with E-state index in [9.17, 15) is 30.0 Å². The minimum atomic E-state index is -2.12. The van der Waals surface area contributed by atoms with E-state index < -0.39 is 106 Å². The van der Waals surface area contributed by atoms with Crippen molar-refractivity contribution in [2.45, 2.75) is 86.2 Å². The quantitative estimate of drug-likeness (QED) is 0.256. The van der Waals surface area contributed by atoms with E-state index in [4.69, 9.17) is 28.4 Å². The zero-order valence-corrected chi connectivity index (χ0v) is 27.7. The summed E-state index contributed by atoms with van der Waals surface area (Å²) in [5.74, 6) is -4.34. The normalized spacial score (nSPS) is 50.7. The highest BCUT2D eigenvalue weighted by Gasteiger charge is 2.96. The first-order valence-electron chi connectivity index (χ1n) is 16.4. The summed E-state index contributed by atoms with van der Waals surface area (Å²) in [6.07, 6.45) is -7.38. The third-order valence-corrected chi connectivity index (χ3v) is 13.2. The molecule has 5 aliphatic carbocycles. The van der Waals surface area contributed by atoms with Crippen LogP contribution in [0.3, 0.4) is 0 Å². The summed E-state index contributed by atoms with van der Waals surface area (Å²) in [4.78, 5) is 29.2. The number of rotatable bonds is 9. The third-order valence-electron chi connectivity index (χ3n) is 13.2. The van der Waals surface area contributed by atoms with E-state index in [1.807, 2.05) is 6.92 Å². The Balaban J connectivity index is 1.57. The fourth-order valence-corrected chi connectivity index (χ4v) is 12.3. The Bertz CT molecular complexity index is 1410. The maximum Gasteiger partial charge on any atom is 0.338 e. The highest BCUT2D eigenvalue weighted by Crippen LogP contribution is 2.81. The van der Waals surface area contributed by atoms with Crippen LogP contribution in [-0.4, -0.2) is 145 Å². The first-order chi connectivity index (χ1) is 22.3. The zero-order valence-electron chi connectivity index (χ0n) is 27.7. The van der Waals surface area contributed by atoms with Gasteiger partial charge in [-0.1, -0.05) is 25.1 Å². The van der Waals surface area contributed by atoms with Crippen LogP contribution in [-0.2, 0) is 33.2 Å². The van der Waals surface area contributed by atoms with Crippen molar-refractivity contribution in [3.05, 3.63) is 35.9 Å². The van der Waals surface area contributed by atoms with E-state index in [0.29, 0.717) is 13.1 Å². The number of benzene rings is 1. The molecule has 1 aromatic carbocycles. The van der Waals surface area contributed by atoms with E-state index in [1.165, 1.54) is 28.3 Å². The van der Waals surface area contributed by atoms with Crippen LogP contribution in [0.4, 0.5) is 0 Å². The van der Waals surface area contributed by atoms with Gasteiger partial charge in [0.25, 0.3) is 0 Å². The average Bonchev–Trinajstić information content (AvgIpc) is 3.39. The number of likely N-dealkylation sites (tertiary alicyclic amines) is 1. The lowest BCUT2D eigenvalue weighted by molar-refractivity contribution is -0.355. The van der Waals surface area contributed by atoms with E-state index in [0.717, 1.165) is 0 Å². The summed E-state index contributed by atoms with van der Waals surface area (Å²) in [5.41, 5.74) is -8.15. The molecule has 6 aliphatic rings. The van der Waals surface area contributed by atoms with Gasteiger partial charge in [-0.3, -0.25) is 9.69 Å². The summed E-state index contributed by atoms with van der Waals surface area (Å²) in [7, 11) is 5.94. The Hall–Kier alpha value is -2.20. The number of esters is 2. The molecule has 0 radical (unpaired) electrons. The number of ether oxygens (including phenoxy) is 6. The first-order valence-corrected chi connectivity index (χ1v) is 16.4. The van der Waals surface area contributed by atoms with Gasteiger partial charge in [-0.15, -0.1) is 0 Å². The Morgan fingerprint density at radius 3 is 2.26 bits per heavy atom. The number of methoxy groups -OCH3 is 4. The van der Waals surface area contributed by atoms with Crippen LogP contribution in [0.25, 0.3) is 0 Å². The fourth-order valence-electron chi connectivity index (χ4n) is 12.3. The van der Waals surface area contributed by atoms with Gasteiger partial charge in [0, 0.05) is 83.5 Å². The number of carbonyl (C=O) groups is 2. The Morgan fingerprint density at radius 2 is 1.68 bits per heavy atom. The standard InChI is InChI=1S/C34H47NO12/c1-7-35-15-30(16-42-3)19(37)13-20(43-4)33-23(30)22(44-5)21(25(33)35)34(47-17(2)36)24-27(46-29(39)18-11-9-8-10-12-18)31(40,14-32(24,33)41)28(45-6)26(34)38/h8-12,19-28,37-38,40-41H,7,13-16H2,1-6H3/t19-,20+,21+,22+,23-,24+,25-,26+,27-,28+,30+,31-,32+,33-,34-/m1/s1. The predicted octanol–water partition coefficient (Wildman–Crippen LogP) is -0.237. The molecule has 1 saturated heterocycles. The second kappa shape index (κ2) is 10.9. The van der Waals surface area contributed by atoms with E-state index >= 15 is 0 Å². The molecule has 260 valence electrons. The van der Waals surface area contributed by atoms with Crippen molar-refractivity contribution in [2.75, 3.05) is 48.1 Å². The van der Waals surface area contributed by atoms with Gasteiger partial charge in [-0.25, -0.2) is 4.79 Å². The molecule has 5 saturated carbocycles. The molecule has 1 heterocycles. The van der Waals surface area contributed by atoms with Crippen LogP contribution in [0.2, 0.25) is 0 Å². The van der Waals surface area contributed by atoms with E-state index in [2.05, 4.69) is 4.90 Å². The van der Waals surface area contributed by atoms with Crippen LogP contribution in [0.1, 0.15) is 37.0 Å². The Morgan fingerprint density at radius 1 is 0.979 bits per heavy atom. The van der Waals surface area contributed by atoms with Crippen molar-refractivity contribution in [3.8, 4) is 0 Å². The molecule has 0 aromatic heterocycles. The van der Waals surface area contributed by atoms with E-state index in [1.54, 1.807) is 37.4 Å². The molecule has 7 bridgehead atoms. The predicted molar refractivity (Wildman–Crippen MR) is 162 cm³/mol. The topological polar surface area (TPSA) is 174 Å². The molecule has 47 heavy (non-hydrogen) atoms. The van der Waals surface area contributed by atoms with Crippen LogP contribution < -0.4 is 0 Å². The average molecular weight is 662 g/mol. The largest absolute Gasteiger partial charge is 0.455 e. The van der Waals surface area contributed by atoms with Crippen molar-refractivity contribution in [3.63, 3.8) is 0 Å². The third kappa shape index (κ3) is 3.65. The maximum absolute atomic E-state index is 13.8. The van der Waals surface area contributed by atoms with Crippen molar-refractivity contribution < 1.29 is 58.4 Å². The second-order valence-electron chi connectivity index (χ2n) is 14.6. The lowest BCUT2D eigenvalue weighted by Crippen LogP contribution is -2.85. The van der Waals surface area contributed by atoms with Crippen LogP contribution in [0, 0.1) is 28.6 Å². The highest BCUT2D eigenvalue weighted by atomic mass is 16.6. The molecule has 0 unspecified atom stereocenters. The fraction of sp³-hybridized carbons (Fsp3) is 0.765. The van der Waals surface area contributed by atoms with Gasteiger partial charge in [-0.2, -0.15) is 0 Å². The zero-order chi connectivity index (χ0) is 33.9. The molecule has 1 aromatic rings. The molecule has 1 spiro atoms. The van der Waals surface area contributed by atoms with Gasteiger partial charge in [0.15, 0.2) is 5.60 Å². The number of carbonyl (C=O) groups excluding carboxylic acids is 2. The van der Waals surface area contributed by atoms with Crippen LogP contribution in [0.5, 0.6) is 0 Å². The minimum Gasteiger partial charge on any atom is -0.455 e. The number of aliphatic hydroxyl groups is 4. The van der Waals surface area contributed by atoms with Gasteiger partial charge in [0.05, 0.1) is 42.0 Å². The molecular formula is C34H47NO12. The molecular weight excluding hydrogens is 614 g/mol. The second-order valence-corrected chi connectivity index (χ2v) is 14.6. The lowest BCUT2D eigenvalue weighted by atomic mass is 9.40. The smallest absolute Gasteiger partial charge is 0.338 e. The minimum absolute atomic E-state index is 0.119. The molecule has 4 N–H and O–H groups in total. The van der Waals surface area contributed by atoms with Crippen molar-refractivity contribution >= 4 is 11.9 Å². The van der Waals surface area contributed by atoms with E-state index in [-0.39, 0.29) is 18.6 Å². The van der Waals surface area contributed by atoms with Crippen molar-refractivity contribution in [1.29, 1.82) is 0 Å². The van der Waals surface area contributed by atoms with Crippen LogP contribution >= 0.6 is 0 Å². The summed E-state index contributed by atoms with van der Waals surface area (Å²) in [6, 6.07) is 7.64. The van der Waals surface area contributed by atoms with Crippen molar-refractivity contribution in [2.24, 2.45) is 28.6 Å². The van der Waals surface area contributed by atoms with Gasteiger partial charge < -0.3 is 48.8 Å². The number of aliphatic hydroxyl groups excluding tert-OH is 2. The number of piperidine rings is 1. The number of hydrogen-bond acceptors (Lipinski definition) is 13. The molecule has 13 heteroatoms. The number of nitrogens with zero attached hydrogens (tertiary/aromatic N) is 1. The van der Waals surface area contributed by atoms with Crippen LogP contribution in [0.15, 0.2) is 30.3 Å². The molecule has 0 amide bonds. The number of fused-ring (bicyclic) bond motifs is 2. The Labute approximate surface area is 274 Å². The van der Waals surface area contributed by atoms with Gasteiger partial charge in [0.2, 0.25) is 0 Å². The lowest BCUT2D eigenvalue weighted by Gasteiger charge is -2.72. The number of hydrogen-bond donors (Lipinski definition) is 4. The molecule has 1 aliphatic heterocycles. The maximum atomic E-state index is 13.8. The highest BCUT2D eigenvalue weighted by molar-refractivity contribution is 5.89. The monoisotopic (exact) mass is 661 g/mol. The molecule has 13 nitrogen and oxygen atoms in total. The first kappa shape index (κ1) is 33.3. The van der Waals surface area contributed by atoms with Gasteiger partial charge in [-0.05, 0) is 18.7 Å².